The average Bonchev–Trinajstić information content (AvgIpc) is 2.49. The third kappa shape index (κ3) is 4.32. The lowest BCUT2D eigenvalue weighted by Crippen LogP contribution is -2.37. The Morgan fingerprint density at radius 1 is 1.05 bits per heavy atom. The quantitative estimate of drug-likeness (QED) is 0.848. The van der Waals surface area contributed by atoms with Gasteiger partial charge in [0.2, 0.25) is 0 Å². The van der Waals surface area contributed by atoms with Crippen molar-refractivity contribution in [2.45, 2.75) is 53.1 Å². The summed E-state index contributed by atoms with van der Waals surface area (Å²) in [4.78, 5) is 2.61. The largest absolute Gasteiger partial charge is 0.313 e. The van der Waals surface area contributed by atoms with Gasteiger partial charge in [-0.25, -0.2) is 0 Å². The molecule has 1 aromatic carbocycles. The van der Waals surface area contributed by atoms with Crippen LogP contribution in [-0.4, -0.2) is 24.5 Å². The van der Waals surface area contributed by atoms with E-state index in [-0.39, 0.29) is 0 Å². The number of nitrogens with one attached hydrogen (secondary N) is 1. The summed E-state index contributed by atoms with van der Waals surface area (Å²) < 4.78 is 0. The zero-order valence-corrected chi connectivity index (χ0v) is 13.4. The molecule has 1 aromatic rings. The van der Waals surface area contributed by atoms with E-state index in [9.17, 15) is 0 Å². The minimum absolute atomic E-state index is 0.589. The Morgan fingerprint density at radius 2 is 1.65 bits per heavy atom. The van der Waals surface area contributed by atoms with E-state index in [1.807, 2.05) is 0 Å². The molecule has 0 saturated carbocycles. The van der Waals surface area contributed by atoms with E-state index in [2.05, 4.69) is 55.3 Å². The van der Waals surface area contributed by atoms with E-state index in [1.54, 1.807) is 0 Å². The number of likely N-dealkylation sites (tertiary alicyclic amines) is 1. The summed E-state index contributed by atoms with van der Waals surface area (Å²) in [6, 6.07) is 9.11. The van der Waals surface area contributed by atoms with Gasteiger partial charge in [0.05, 0.1) is 0 Å². The van der Waals surface area contributed by atoms with Gasteiger partial charge in [0, 0.05) is 13.1 Å². The zero-order chi connectivity index (χ0) is 14.4. The average molecular weight is 274 g/mol. The van der Waals surface area contributed by atoms with Crippen LogP contribution in [0.1, 0.15) is 51.2 Å². The maximum absolute atomic E-state index is 3.37. The van der Waals surface area contributed by atoms with Crippen LogP contribution >= 0.6 is 0 Å². The first-order valence-corrected chi connectivity index (χ1v) is 8.16. The summed E-state index contributed by atoms with van der Waals surface area (Å²) in [7, 11) is 0. The van der Waals surface area contributed by atoms with E-state index in [0.717, 1.165) is 19.6 Å². The highest BCUT2D eigenvalue weighted by Crippen LogP contribution is 2.34. The van der Waals surface area contributed by atoms with Crippen molar-refractivity contribution in [3.05, 3.63) is 35.4 Å². The van der Waals surface area contributed by atoms with Gasteiger partial charge in [0.1, 0.15) is 0 Å². The second-order valence-corrected chi connectivity index (χ2v) is 6.54. The number of nitrogens with zero attached hydrogens (tertiary/aromatic N) is 1. The van der Waals surface area contributed by atoms with Crippen molar-refractivity contribution in [1.29, 1.82) is 0 Å². The predicted octanol–water partition coefficient (Wildman–Crippen LogP) is 3.81. The molecule has 1 aliphatic heterocycles. The van der Waals surface area contributed by atoms with Crippen LogP contribution in [0, 0.1) is 5.41 Å². The van der Waals surface area contributed by atoms with Gasteiger partial charge in [-0.15, -0.1) is 0 Å². The van der Waals surface area contributed by atoms with Crippen LogP contribution < -0.4 is 5.32 Å². The fourth-order valence-corrected chi connectivity index (χ4v) is 2.89. The fraction of sp³-hybridized carbons (Fsp3) is 0.667. The maximum atomic E-state index is 3.37. The summed E-state index contributed by atoms with van der Waals surface area (Å²) in [5.74, 6) is 0. The van der Waals surface area contributed by atoms with Crippen LogP contribution in [0.25, 0.3) is 0 Å². The van der Waals surface area contributed by atoms with Gasteiger partial charge in [-0.05, 0) is 49.0 Å². The van der Waals surface area contributed by atoms with E-state index in [1.165, 1.54) is 43.5 Å². The highest BCUT2D eigenvalue weighted by atomic mass is 15.1. The molecule has 1 saturated heterocycles. The lowest BCUT2D eigenvalue weighted by atomic mass is 9.78. The third-order valence-corrected chi connectivity index (χ3v) is 4.92. The summed E-state index contributed by atoms with van der Waals surface area (Å²) in [5.41, 5.74) is 3.42. The molecule has 1 heterocycles. The van der Waals surface area contributed by atoms with Crippen LogP contribution in [-0.2, 0) is 13.1 Å². The first-order valence-electron chi connectivity index (χ1n) is 8.16. The number of hydrogen-bond acceptors (Lipinski definition) is 2. The SMILES string of the molecule is CCNCc1ccc(CN2CCC(C)(CC)CC2)cc1. The Balaban J connectivity index is 1.82. The lowest BCUT2D eigenvalue weighted by Gasteiger charge is -2.39. The van der Waals surface area contributed by atoms with Crippen LogP contribution in [0.2, 0.25) is 0 Å². The molecule has 0 spiro atoms. The van der Waals surface area contributed by atoms with Gasteiger partial charge in [-0.2, -0.15) is 0 Å². The van der Waals surface area contributed by atoms with E-state index >= 15 is 0 Å². The molecule has 2 rings (SSSR count). The molecule has 112 valence electrons. The number of rotatable bonds is 6. The summed E-state index contributed by atoms with van der Waals surface area (Å²) >= 11 is 0. The van der Waals surface area contributed by atoms with Crippen LogP contribution in [0.15, 0.2) is 24.3 Å². The molecule has 1 fully saturated rings. The molecule has 2 nitrogen and oxygen atoms in total. The Bertz CT molecular complexity index is 388. The normalized spacial score (nSPS) is 19.1. The molecule has 20 heavy (non-hydrogen) atoms. The summed E-state index contributed by atoms with van der Waals surface area (Å²) in [6.07, 6.45) is 4.02. The predicted molar refractivity (Wildman–Crippen MR) is 86.7 cm³/mol. The Hall–Kier alpha value is -0.860. The highest BCUT2D eigenvalue weighted by molar-refractivity contribution is 5.22. The van der Waals surface area contributed by atoms with Gasteiger partial charge in [-0.3, -0.25) is 4.90 Å². The number of benzene rings is 1. The van der Waals surface area contributed by atoms with Crippen LogP contribution in [0.3, 0.4) is 0 Å². The Kier molecular flexibility index (Phi) is 5.62. The van der Waals surface area contributed by atoms with Gasteiger partial charge in [-0.1, -0.05) is 51.5 Å². The zero-order valence-electron chi connectivity index (χ0n) is 13.4. The molecular weight excluding hydrogens is 244 g/mol. The fourth-order valence-electron chi connectivity index (χ4n) is 2.89. The molecular formula is C18H30N2. The Labute approximate surface area is 124 Å². The molecule has 2 heteroatoms. The number of hydrogen-bond donors (Lipinski definition) is 1. The second kappa shape index (κ2) is 7.24. The van der Waals surface area contributed by atoms with Crippen molar-refractivity contribution >= 4 is 0 Å². The van der Waals surface area contributed by atoms with Crippen LogP contribution in [0.5, 0.6) is 0 Å². The molecule has 1 N–H and O–H groups in total. The monoisotopic (exact) mass is 274 g/mol. The minimum Gasteiger partial charge on any atom is -0.313 e. The minimum atomic E-state index is 0.589. The van der Waals surface area contributed by atoms with Gasteiger partial charge < -0.3 is 5.32 Å². The van der Waals surface area contributed by atoms with E-state index in [4.69, 9.17) is 0 Å². The van der Waals surface area contributed by atoms with Crippen molar-refractivity contribution < 1.29 is 0 Å². The second-order valence-electron chi connectivity index (χ2n) is 6.54. The van der Waals surface area contributed by atoms with Crippen LogP contribution in [0.4, 0.5) is 0 Å². The van der Waals surface area contributed by atoms with Gasteiger partial charge in [0.25, 0.3) is 0 Å². The number of piperidine rings is 1. The smallest absolute Gasteiger partial charge is 0.0233 e. The third-order valence-electron chi connectivity index (χ3n) is 4.92. The van der Waals surface area contributed by atoms with Crippen molar-refractivity contribution in [3.63, 3.8) is 0 Å². The standard InChI is InChI=1S/C18H30N2/c1-4-18(3)10-12-20(13-11-18)15-17-8-6-16(7-9-17)14-19-5-2/h6-9,19H,4-5,10-15H2,1-3H3. The maximum Gasteiger partial charge on any atom is 0.0233 e. The van der Waals surface area contributed by atoms with Crippen molar-refractivity contribution in [3.8, 4) is 0 Å². The van der Waals surface area contributed by atoms with Crippen molar-refractivity contribution in [2.75, 3.05) is 19.6 Å². The Morgan fingerprint density at radius 3 is 2.20 bits per heavy atom. The van der Waals surface area contributed by atoms with Crippen molar-refractivity contribution in [2.24, 2.45) is 5.41 Å². The van der Waals surface area contributed by atoms with E-state index in [0.29, 0.717) is 5.41 Å². The molecule has 0 amide bonds. The molecule has 0 atom stereocenters. The highest BCUT2D eigenvalue weighted by Gasteiger charge is 2.27. The van der Waals surface area contributed by atoms with E-state index < -0.39 is 0 Å². The van der Waals surface area contributed by atoms with Gasteiger partial charge in [0.15, 0.2) is 0 Å². The van der Waals surface area contributed by atoms with Gasteiger partial charge >= 0.3 is 0 Å². The summed E-state index contributed by atoms with van der Waals surface area (Å²) in [5, 5.41) is 3.37. The van der Waals surface area contributed by atoms with Crippen molar-refractivity contribution in [1.82, 2.24) is 10.2 Å². The first kappa shape index (κ1) is 15.5. The first-order chi connectivity index (χ1) is 9.65. The lowest BCUT2D eigenvalue weighted by molar-refractivity contribution is 0.109. The topological polar surface area (TPSA) is 15.3 Å². The molecule has 0 aromatic heterocycles. The summed E-state index contributed by atoms with van der Waals surface area (Å²) in [6.45, 7) is 12.6. The molecule has 0 bridgehead atoms. The molecule has 0 radical (unpaired) electrons. The molecule has 0 aliphatic carbocycles. The molecule has 1 aliphatic rings. The molecule has 0 unspecified atom stereocenters.